The molecule has 0 fully saturated rings. The Morgan fingerprint density at radius 2 is 1.24 bits per heavy atom. The van der Waals surface area contributed by atoms with Gasteiger partial charge in [0, 0.05) is 17.1 Å². The maximum Gasteiger partial charge on any atom is 0.320 e. The van der Waals surface area contributed by atoms with Gasteiger partial charge in [0.1, 0.15) is 6.04 Å². The number of anilines is 3. The summed E-state index contributed by atoms with van der Waals surface area (Å²) in [7, 11) is 0. The number of benzene rings is 3. The molecule has 0 saturated carbocycles. The summed E-state index contributed by atoms with van der Waals surface area (Å²) in [6, 6.07) is 27.2. The Labute approximate surface area is 147 Å². The van der Waals surface area contributed by atoms with Crippen molar-refractivity contribution in [3.63, 3.8) is 0 Å². The maximum atomic E-state index is 10.9. The summed E-state index contributed by atoms with van der Waals surface area (Å²) in [5, 5.41) is 8.95. The lowest BCUT2D eigenvalue weighted by Crippen LogP contribution is -2.32. The van der Waals surface area contributed by atoms with Gasteiger partial charge in [-0.1, -0.05) is 48.5 Å². The zero-order valence-corrected chi connectivity index (χ0v) is 13.7. The van der Waals surface area contributed by atoms with Crippen molar-refractivity contribution in [2.45, 2.75) is 12.5 Å². The minimum atomic E-state index is -0.987. The van der Waals surface area contributed by atoms with Crippen molar-refractivity contribution in [2.75, 3.05) is 4.90 Å². The average Bonchev–Trinajstić information content (AvgIpc) is 2.65. The smallest absolute Gasteiger partial charge is 0.320 e. The van der Waals surface area contributed by atoms with Gasteiger partial charge in [0.15, 0.2) is 0 Å². The second kappa shape index (κ2) is 7.64. The van der Waals surface area contributed by atoms with Gasteiger partial charge in [-0.25, -0.2) is 0 Å². The maximum absolute atomic E-state index is 10.9. The number of hydrogen-bond acceptors (Lipinski definition) is 3. The van der Waals surface area contributed by atoms with Crippen molar-refractivity contribution in [2.24, 2.45) is 5.73 Å². The molecule has 0 aliphatic rings. The van der Waals surface area contributed by atoms with E-state index in [1.165, 1.54) is 0 Å². The minimum absolute atomic E-state index is 0.312. The van der Waals surface area contributed by atoms with E-state index < -0.39 is 12.0 Å². The highest BCUT2D eigenvalue weighted by atomic mass is 16.4. The molecule has 0 aromatic heterocycles. The van der Waals surface area contributed by atoms with E-state index in [2.05, 4.69) is 29.2 Å². The number of carboxylic acids is 1. The highest BCUT2D eigenvalue weighted by Gasteiger charge is 2.14. The summed E-state index contributed by atoms with van der Waals surface area (Å²) < 4.78 is 0. The van der Waals surface area contributed by atoms with Gasteiger partial charge < -0.3 is 15.7 Å². The summed E-state index contributed by atoms with van der Waals surface area (Å²) >= 11 is 0. The Balaban J connectivity index is 1.93. The Hall–Kier alpha value is -3.11. The van der Waals surface area contributed by atoms with Gasteiger partial charge in [-0.05, 0) is 48.4 Å². The third kappa shape index (κ3) is 4.05. The molecule has 1 unspecified atom stereocenters. The molecule has 3 aromatic carbocycles. The van der Waals surface area contributed by atoms with E-state index in [1.807, 2.05) is 60.7 Å². The van der Waals surface area contributed by atoms with Crippen molar-refractivity contribution >= 4 is 23.0 Å². The van der Waals surface area contributed by atoms with E-state index in [1.54, 1.807) is 0 Å². The molecule has 126 valence electrons. The lowest BCUT2D eigenvalue weighted by atomic mass is 10.1. The Bertz CT molecular complexity index is 778. The fourth-order valence-electron chi connectivity index (χ4n) is 2.72. The number of hydrogen-bond donors (Lipinski definition) is 2. The van der Waals surface area contributed by atoms with Crippen LogP contribution in [-0.2, 0) is 11.2 Å². The Kier molecular flexibility index (Phi) is 5.11. The molecule has 0 spiro atoms. The first-order valence-corrected chi connectivity index (χ1v) is 8.13. The quantitative estimate of drug-likeness (QED) is 0.713. The molecule has 0 aliphatic heterocycles. The normalized spacial score (nSPS) is 11.7. The molecule has 25 heavy (non-hydrogen) atoms. The molecule has 3 N–H and O–H groups in total. The van der Waals surface area contributed by atoms with E-state index in [-0.39, 0.29) is 0 Å². The number of rotatable bonds is 6. The SMILES string of the molecule is NC(Cc1ccc(N(c2ccccc2)c2ccccc2)cc1)C(=O)O. The zero-order valence-electron chi connectivity index (χ0n) is 13.7. The van der Waals surface area contributed by atoms with Crippen LogP contribution in [0.2, 0.25) is 0 Å². The number of carboxylic acid groups (broad SMARTS) is 1. The Morgan fingerprint density at radius 3 is 1.68 bits per heavy atom. The molecule has 1 atom stereocenters. The molecule has 0 saturated heterocycles. The van der Waals surface area contributed by atoms with E-state index in [4.69, 9.17) is 10.8 Å². The Morgan fingerprint density at radius 1 is 0.800 bits per heavy atom. The first kappa shape index (κ1) is 16.7. The summed E-state index contributed by atoms with van der Waals surface area (Å²) in [5.41, 5.74) is 9.64. The zero-order chi connectivity index (χ0) is 17.6. The summed E-state index contributed by atoms with van der Waals surface area (Å²) in [6.07, 6.45) is 0.312. The third-order valence-corrected chi connectivity index (χ3v) is 4.00. The average molecular weight is 332 g/mol. The van der Waals surface area contributed by atoms with Crippen molar-refractivity contribution in [1.82, 2.24) is 0 Å². The van der Waals surface area contributed by atoms with Crippen molar-refractivity contribution in [3.05, 3.63) is 90.5 Å². The standard InChI is InChI=1S/C21H20N2O2/c22-20(21(24)25)15-16-11-13-19(14-12-16)23(17-7-3-1-4-8-17)18-9-5-2-6-10-18/h1-14,20H,15,22H2,(H,24,25). The summed E-state index contributed by atoms with van der Waals surface area (Å²) in [5.74, 6) is -0.987. The molecule has 0 heterocycles. The number of nitrogens with two attached hydrogens (primary N) is 1. The van der Waals surface area contributed by atoms with Crippen LogP contribution in [0, 0.1) is 0 Å². The molecular formula is C21H20N2O2. The van der Waals surface area contributed by atoms with E-state index in [0.717, 1.165) is 22.6 Å². The summed E-state index contributed by atoms with van der Waals surface area (Å²) in [4.78, 5) is 13.1. The van der Waals surface area contributed by atoms with Gasteiger partial charge in [-0.3, -0.25) is 4.79 Å². The van der Waals surface area contributed by atoms with Crippen LogP contribution in [0.5, 0.6) is 0 Å². The van der Waals surface area contributed by atoms with E-state index >= 15 is 0 Å². The number of aliphatic carboxylic acids is 1. The number of para-hydroxylation sites is 2. The largest absolute Gasteiger partial charge is 0.480 e. The van der Waals surface area contributed by atoms with Crippen LogP contribution in [0.3, 0.4) is 0 Å². The fraction of sp³-hybridized carbons (Fsp3) is 0.0952. The van der Waals surface area contributed by atoms with E-state index in [0.29, 0.717) is 6.42 Å². The predicted molar refractivity (Wildman–Crippen MR) is 100 cm³/mol. The molecule has 3 aromatic rings. The molecular weight excluding hydrogens is 312 g/mol. The first-order valence-electron chi connectivity index (χ1n) is 8.13. The van der Waals surface area contributed by atoms with Gasteiger partial charge >= 0.3 is 5.97 Å². The van der Waals surface area contributed by atoms with Crippen LogP contribution in [0.15, 0.2) is 84.9 Å². The van der Waals surface area contributed by atoms with E-state index in [9.17, 15) is 4.79 Å². The highest BCUT2D eigenvalue weighted by molar-refractivity contribution is 5.76. The monoisotopic (exact) mass is 332 g/mol. The second-order valence-corrected chi connectivity index (χ2v) is 5.82. The van der Waals surface area contributed by atoms with Crippen LogP contribution < -0.4 is 10.6 Å². The third-order valence-electron chi connectivity index (χ3n) is 4.00. The topological polar surface area (TPSA) is 66.6 Å². The molecule has 3 rings (SSSR count). The van der Waals surface area contributed by atoms with Crippen LogP contribution >= 0.6 is 0 Å². The molecule has 0 amide bonds. The minimum Gasteiger partial charge on any atom is -0.480 e. The fourth-order valence-corrected chi connectivity index (χ4v) is 2.72. The molecule has 0 bridgehead atoms. The van der Waals surface area contributed by atoms with Gasteiger partial charge in [-0.15, -0.1) is 0 Å². The predicted octanol–water partition coefficient (Wildman–Crippen LogP) is 4.11. The van der Waals surface area contributed by atoms with Gasteiger partial charge in [0.05, 0.1) is 0 Å². The summed E-state index contributed by atoms with van der Waals surface area (Å²) in [6.45, 7) is 0. The van der Waals surface area contributed by atoms with Gasteiger partial charge in [0.2, 0.25) is 0 Å². The van der Waals surface area contributed by atoms with Gasteiger partial charge in [0.25, 0.3) is 0 Å². The van der Waals surface area contributed by atoms with Crippen molar-refractivity contribution in [3.8, 4) is 0 Å². The lowest BCUT2D eigenvalue weighted by Gasteiger charge is -2.25. The van der Waals surface area contributed by atoms with Crippen LogP contribution in [0.1, 0.15) is 5.56 Å². The molecule has 4 nitrogen and oxygen atoms in total. The number of nitrogens with zero attached hydrogens (tertiary/aromatic N) is 1. The van der Waals surface area contributed by atoms with Crippen molar-refractivity contribution < 1.29 is 9.90 Å². The second-order valence-electron chi connectivity index (χ2n) is 5.82. The molecule has 0 aliphatic carbocycles. The molecule has 0 radical (unpaired) electrons. The van der Waals surface area contributed by atoms with Crippen molar-refractivity contribution in [1.29, 1.82) is 0 Å². The van der Waals surface area contributed by atoms with Gasteiger partial charge in [-0.2, -0.15) is 0 Å². The van der Waals surface area contributed by atoms with Crippen LogP contribution in [0.4, 0.5) is 17.1 Å². The molecule has 4 heteroatoms. The lowest BCUT2D eigenvalue weighted by molar-refractivity contribution is -0.138. The highest BCUT2D eigenvalue weighted by Crippen LogP contribution is 2.34. The van der Waals surface area contributed by atoms with Crippen LogP contribution in [-0.4, -0.2) is 17.1 Å². The first-order chi connectivity index (χ1) is 12.1. The number of carbonyl (C=O) groups is 1. The van der Waals surface area contributed by atoms with Crippen LogP contribution in [0.25, 0.3) is 0 Å².